The maximum atomic E-state index is 12.4. The van der Waals surface area contributed by atoms with E-state index in [4.69, 9.17) is 22.1 Å². The van der Waals surface area contributed by atoms with Crippen LogP contribution in [0.3, 0.4) is 0 Å². The first-order chi connectivity index (χ1) is 10.0. The Balaban J connectivity index is 2.00. The summed E-state index contributed by atoms with van der Waals surface area (Å²) < 4.78 is 5.56. The Bertz CT molecular complexity index is 705. The van der Waals surface area contributed by atoms with Gasteiger partial charge in [-0.2, -0.15) is 0 Å². The number of fused-ring (bicyclic) bond motifs is 1. The lowest BCUT2D eigenvalue weighted by molar-refractivity contribution is -0.125. The molecule has 1 amide bonds. The van der Waals surface area contributed by atoms with E-state index in [9.17, 15) is 4.79 Å². The predicted octanol–water partition coefficient (Wildman–Crippen LogP) is 2.63. The minimum atomic E-state index is -0.554. The molecule has 0 spiro atoms. The summed E-state index contributed by atoms with van der Waals surface area (Å²) in [7, 11) is 0. The van der Waals surface area contributed by atoms with Crippen molar-refractivity contribution in [1.29, 1.82) is 0 Å². The fourth-order valence-corrected chi connectivity index (χ4v) is 2.48. The van der Waals surface area contributed by atoms with Crippen molar-refractivity contribution in [2.24, 2.45) is 0 Å². The molecule has 3 rings (SSSR count). The highest BCUT2D eigenvalue weighted by molar-refractivity contribution is 6.30. The molecule has 1 aliphatic rings. The predicted molar refractivity (Wildman–Crippen MR) is 81.4 cm³/mol. The van der Waals surface area contributed by atoms with E-state index in [1.807, 2.05) is 18.2 Å². The smallest absolute Gasteiger partial charge is 0.269 e. The number of nitrogen functional groups attached to an aromatic ring is 1. The molecule has 1 aliphatic heterocycles. The monoisotopic (exact) mass is 303 g/mol. The lowest BCUT2D eigenvalue weighted by Gasteiger charge is -2.32. The lowest BCUT2D eigenvalue weighted by Crippen LogP contribution is -2.44. The van der Waals surface area contributed by atoms with Gasteiger partial charge in [0.15, 0.2) is 17.7 Å². The van der Waals surface area contributed by atoms with Crippen molar-refractivity contribution in [3.05, 3.63) is 47.0 Å². The number of ether oxygens (including phenoxy) is 1. The maximum Gasteiger partial charge on any atom is 0.269 e. The van der Waals surface area contributed by atoms with Gasteiger partial charge in [-0.3, -0.25) is 9.69 Å². The molecule has 108 valence electrons. The summed E-state index contributed by atoms with van der Waals surface area (Å²) in [6.07, 6.45) is -0.554. The Morgan fingerprint density at radius 2 is 2.19 bits per heavy atom. The quantitative estimate of drug-likeness (QED) is 0.926. The summed E-state index contributed by atoms with van der Waals surface area (Å²) >= 11 is 5.99. The van der Waals surface area contributed by atoms with Crippen LogP contribution in [0.2, 0.25) is 5.02 Å². The second-order valence-electron chi connectivity index (χ2n) is 4.87. The van der Waals surface area contributed by atoms with Gasteiger partial charge in [-0.05, 0) is 36.8 Å². The summed E-state index contributed by atoms with van der Waals surface area (Å²) in [6.45, 7) is 2.09. The number of pyridine rings is 1. The Kier molecular flexibility index (Phi) is 3.43. The minimum absolute atomic E-state index is 0.152. The van der Waals surface area contributed by atoms with Gasteiger partial charge in [-0.25, -0.2) is 4.98 Å². The van der Waals surface area contributed by atoms with Crippen molar-refractivity contribution < 1.29 is 9.53 Å². The summed E-state index contributed by atoms with van der Waals surface area (Å²) in [5.74, 6) is 1.19. The molecular weight excluding hydrogens is 290 g/mol. The average Bonchev–Trinajstić information content (AvgIpc) is 2.45. The third-order valence-electron chi connectivity index (χ3n) is 3.26. The van der Waals surface area contributed by atoms with Crippen LogP contribution >= 0.6 is 11.6 Å². The number of nitrogens with zero attached hydrogens (tertiary/aromatic N) is 2. The number of nitrogens with two attached hydrogens (primary N) is 1. The number of hydrogen-bond donors (Lipinski definition) is 1. The van der Waals surface area contributed by atoms with Crippen molar-refractivity contribution in [3.63, 3.8) is 0 Å². The van der Waals surface area contributed by atoms with Crippen LogP contribution in [0, 0.1) is 0 Å². The van der Waals surface area contributed by atoms with Crippen molar-refractivity contribution in [2.45, 2.75) is 19.6 Å². The van der Waals surface area contributed by atoms with E-state index in [2.05, 4.69) is 4.98 Å². The van der Waals surface area contributed by atoms with E-state index in [1.54, 1.807) is 30.0 Å². The summed E-state index contributed by atoms with van der Waals surface area (Å²) in [5.41, 5.74) is 6.63. The fraction of sp³-hybridized carbons (Fsp3) is 0.200. The Labute approximate surface area is 127 Å². The minimum Gasteiger partial charge on any atom is -0.477 e. The molecule has 2 heterocycles. The highest BCUT2D eigenvalue weighted by Crippen LogP contribution is 2.34. The second-order valence-corrected chi connectivity index (χ2v) is 5.31. The standard InChI is InChI=1S/C15H14ClN3O2/c1-9-15(20)19(8-10-3-2-4-11(16)7-10)14-12(21-9)5-6-13(17)18-14/h2-7,9H,8H2,1H3,(H2,17,18). The van der Waals surface area contributed by atoms with Gasteiger partial charge in [-0.1, -0.05) is 23.7 Å². The van der Waals surface area contributed by atoms with Crippen molar-refractivity contribution in [1.82, 2.24) is 4.98 Å². The third kappa shape index (κ3) is 2.64. The van der Waals surface area contributed by atoms with Gasteiger partial charge >= 0.3 is 0 Å². The number of carbonyl (C=O) groups is 1. The third-order valence-corrected chi connectivity index (χ3v) is 3.50. The molecule has 6 heteroatoms. The molecule has 0 radical (unpaired) electrons. The van der Waals surface area contributed by atoms with E-state index in [1.165, 1.54) is 0 Å². The van der Waals surface area contributed by atoms with Crippen molar-refractivity contribution in [3.8, 4) is 5.75 Å². The van der Waals surface area contributed by atoms with E-state index < -0.39 is 6.10 Å². The molecule has 2 N–H and O–H groups in total. The first-order valence-electron chi connectivity index (χ1n) is 6.53. The normalized spacial score (nSPS) is 17.3. The molecule has 0 fully saturated rings. The van der Waals surface area contributed by atoms with Crippen LogP contribution < -0.4 is 15.4 Å². The zero-order chi connectivity index (χ0) is 15.0. The van der Waals surface area contributed by atoms with Crippen LogP contribution in [0.25, 0.3) is 0 Å². The Morgan fingerprint density at radius 1 is 1.38 bits per heavy atom. The highest BCUT2D eigenvalue weighted by Gasteiger charge is 2.32. The molecular formula is C15H14ClN3O2. The molecule has 0 saturated heterocycles. The van der Waals surface area contributed by atoms with E-state index in [0.717, 1.165) is 5.56 Å². The second kappa shape index (κ2) is 5.26. The summed E-state index contributed by atoms with van der Waals surface area (Å²) in [5, 5.41) is 0.627. The first kappa shape index (κ1) is 13.7. The van der Waals surface area contributed by atoms with Gasteiger partial charge in [0.25, 0.3) is 5.91 Å². The van der Waals surface area contributed by atoms with E-state index in [-0.39, 0.29) is 5.91 Å². The van der Waals surface area contributed by atoms with Gasteiger partial charge < -0.3 is 10.5 Å². The number of rotatable bonds is 2. The SMILES string of the molecule is CC1Oc2ccc(N)nc2N(Cc2cccc(Cl)c2)C1=O. The average molecular weight is 304 g/mol. The Hall–Kier alpha value is -2.27. The molecule has 1 unspecified atom stereocenters. The summed E-state index contributed by atoms with van der Waals surface area (Å²) in [4.78, 5) is 18.2. The number of amides is 1. The molecule has 0 bridgehead atoms. The van der Waals surface area contributed by atoms with E-state index in [0.29, 0.717) is 29.0 Å². The molecule has 0 aliphatic carbocycles. The summed E-state index contributed by atoms with van der Waals surface area (Å²) in [6, 6.07) is 10.7. The molecule has 1 aromatic heterocycles. The molecule has 5 nitrogen and oxygen atoms in total. The van der Waals surface area contributed by atoms with Crippen LogP contribution in [0.15, 0.2) is 36.4 Å². The van der Waals surface area contributed by atoms with Gasteiger partial charge in [0.05, 0.1) is 6.54 Å². The van der Waals surface area contributed by atoms with Crippen molar-refractivity contribution >= 4 is 29.1 Å². The van der Waals surface area contributed by atoms with Crippen molar-refractivity contribution in [2.75, 3.05) is 10.6 Å². The number of benzene rings is 1. The van der Waals surface area contributed by atoms with Crippen LogP contribution in [-0.4, -0.2) is 17.0 Å². The fourth-order valence-electron chi connectivity index (χ4n) is 2.27. The van der Waals surface area contributed by atoms with Gasteiger partial charge in [-0.15, -0.1) is 0 Å². The topological polar surface area (TPSA) is 68.5 Å². The Morgan fingerprint density at radius 3 is 2.95 bits per heavy atom. The number of aromatic nitrogens is 1. The van der Waals surface area contributed by atoms with Crippen LogP contribution in [0.5, 0.6) is 5.75 Å². The first-order valence-corrected chi connectivity index (χ1v) is 6.91. The molecule has 2 aromatic rings. The molecule has 1 aromatic carbocycles. The zero-order valence-electron chi connectivity index (χ0n) is 11.4. The number of carbonyl (C=O) groups excluding carboxylic acids is 1. The number of hydrogen-bond acceptors (Lipinski definition) is 4. The van der Waals surface area contributed by atoms with Crippen LogP contribution in [0.4, 0.5) is 11.6 Å². The van der Waals surface area contributed by atoms with Crippen LogP contribution in [0.1, 0.15) is 12.5 Å². The highest BCUT2D eigenvalue weighted by atomic mass is 35.5. The van der Waals surface area contributed by atoms with Gasteiger partial charge in [0.2, 0.25) is 0 Å². The van der Waals surface area contributed by atoms with Crippen LogP contribution in [-0.2, 0) is 11.3 Å². The molecule has 21 heavy (non-hydrogen) atoms. The van der Waals surface area contributed by atoms with E-state index >= 15 is 0 Å². The number of halogens is 1. The molecule has 1 atom stereocenters. The largest absolute Gasteiger partial charge is 0.477 e. The number of anilines is 2. The maximum absolute atomic E-state index is 12.4. The van der Waals surface area contributed by atoms with Gasteiger partial charge in [0.1, 0.15) is 5.82 Å². The lowest BCUT2D eigenvalue weighted by atomic mass is 10.1. The zero-order valence-corrected chi connectivity index (χ0v) is 12.2. The van der Waals surface area contributed by atoms with Gasteiger partial charge in [0, 0.05) is 5.02 Å². The molecule has 0 saturated carbocycles.